The van der Waals surface area contributed by atoms with Crippen LogP contribution in [0.3, 0.4) is 0 Å². The quantitative estimate of drug-likeness (QED) is 0.0931. The molecule has 0 amide bonds. The van der Waals surface area contributed by atoms with E-state index in [4.69, 9.17) is 9.15 Å². The molecule has 9 nitrogen and oxygen atoms in total. The molecule has 6 N–H and O–H groups in total. The van der Waals surface area contributed by atoms with E-state index >= 15 is 0 Å². The summed E-state index contributed by atoms with van der Waals surface area (Å²) < 4.78 is 11.1. The highest BCUT2D eigenvalue weighted by Gasteiger charge is 2.41. The predicted octanol–water partition coefficient (Wildman–Crippen LogP) is 6.58. The van der Waals surface area contributed by atoms with Gasteiger partial charge in [-0.1, -0.05) is 93.4 Å². The van der Waals surface area contributed by atoms with Crippen LogP contribution < -0.4 is 5.63 Å². The van der Waals surface area contributed by atoms with Crippen LogP contribution >= 0.6 is 0 Å². The van der Waals surface area contributed by atoms with Gasteiger partial charge in [0, 0.05) is 25.0 Å². The van der Waals surface area contributed by atoms with Crippen LogP contribution in [-0.4, -0.2) is 68.3 Å². The molecule has 1 aromatic rings. The van der Waals surface area contributed by atoms with E-state index in [0.717, 1.165) is 31.3 Å². The van der Waals surface area contributed by atoms with Crippen molar-refractivity contribution in [1.82, 2.24) is 0 Å². The summed E-state index contributed by atoms with van der Waals surface area (Å²) in [5.74, 6) is 0.947. The zero-order chi connectivity index (χ0) is 37.8. The standard InChI is InChI=1S/C41H64O9/c1-10-25(2)16-26(3)12-11-13-27(4)17-29(6)18-30(7)20-31(23-42)19-28(5)14-15-35(46)41(8,9)36-22-33(44)37(40(48)50-36)39-38(47)34(45)21-32(24-43)49-39/h11-16,19,22,25,29-32,34-35,38-39,42-47H,10,17-18,20-21,23-24H2,1-9H3/b12-11-,15-14-,26-16+,27-13+,28-19+/t25-,29-,30-,31+,32-,34-,35-,38-,39+/m1/s1. The van der Waals surface area contributed by atoms with E-state index in [-0.39, 0.29) is 30.3 Å². The number of aliphatic hydroxyl groups is 5. The molecule has 282 valence electrons. The van der Waals surface area contributed by atoms with E-state index in [2.05, 4.69) is 65.8 Å². The molecule has 1 saturated heterocycles. The summed E-state index contributed by atoms with van der Waals surface area (Å²) in [4.78, 5) is 13.0. The first-order valence-electron chi connectivity index (χ1n) is 18.1. The second-order valence-corrected chi connectivity index (χ2v) is 15.3. The topological polar surface area (TPSA) is 161 Å². The highest BCUT2D eigenvalue weighted by atomic mass is 16.5. The normalized spacial score (nSPS) is 24.5. The maximum absolute atomic E-state index is 13.0. The summed E-state index contributed by atoms with van der Waals surface area (Å²) in [6.45, 7) is 18.0. The minimum Gasteiger partial charge on any atom is -0.507 e. The molecule has 1 fully saturated rings. The van der Waals surface area contributed by atoms with Gasteiger partial charge < -0.3 is 39.8 Å². The second kappa shape index (κ2) is 20.3. The van der Waals surface area contributed by atoms with E-state index in [1.165, 1.54) is 17.2 Å². The smallest absolute Gasteiger partial charge is 0.345 e. The lowest BCUT2D eigenvalue weighted by molar-refractivity contribution is -0.180. The van der Waals surface area contributed by atoms with Gasteiger partial charge in [-0.05, 0) is 71.6 Å². The van der Waals surface area contributed by atoms with Crippen LogP contribution in [0, 0.1) is 23.7 Å². The van der Waals surface area contributed by atoms with E-state index in [1.54, 1.807) is 26.0 Å². The second-order valence-electron chi connectivity index (χ2n) is 15.3. The van der Waals surface area contributed by atoms with Crippen molar-refractivity contribution >= 4 is 0 Å². The molecule has 2 heterocycles. The largest absolute Gasteiger partial charge is 0.507 e. The lowest BCUT2D eigenvalue weighted by Gasteiger charge is -2.36. The summed E-state index contributed by atoms with van der Waals surface area (Å²) >= 11 is 0. The SMILES string of the molecule is CC[C@@H](C)/C=C(C)/C=C\C=C(/C)C[C@@H](C)C[C@@H](C)C[C@H](/C=C(C)/C=C\[C@@H](O)C(C)(C)c1cc(O)c([C@@H]2O[C@@H](CO)C[C@@H](O)[C@H]2O)c(=O)o1)CO. The van der Waals surface area contributed by atoms with E-state index < -0.39 is 53.9 Å². The molecule has 50 heavy (non-hydrogen) atoms. The number of allylic oxidation sites excluding steroid dienone is 8. The van der Waals surface area contributed by atoms with Crippen LogP contribution in [0.4, 0.5) is 0 Å². The Bertz CT molecular complexity index is 1420. The van der Waals surface area contributed by atoms with E-state index in [9.17, 15) is 35.4 Å². The van der Waals surface area contributed by atoms with Crippen molar-refractivity contribution in [2.75, 3.05) is 13.2 Å². The molecule has 2 rings (SSSR count). The summed E-state index contributed by atoms with van der Waals surface area (Å²) in [5.41, 5.74) is 1.00. The summed E-state index contributed by atoms with van der Waals surface area (Å²) in [7, 11) is 0. The first-order chi connectivity index (χ1) is 23.4. The predicted molar refractivity (Wildman–Crippen MR) is 199 cm³/mol. The van der Waals surface area contributed by atoms with Crippen LogP contribution in [0.15, 0.2) is 74.5 Å². The number of hydrogen-bond donors (Lipinski definition) is 6. The lowest BCUT2D eigenvalue weighted by atomic mass is 9.82. The van der Waals surface area contributed by atoms with Gasteiger partial charge in [0.05, 0.1) is 30.3 Å². The molecule has 0 saturated carbocycles. The van der Waals surface area contributed by atoms with Crippen molar-refractivity contribution < 1.29 is 39.8 Å². The number of rotatable bonds is 18. The maximum Gasteiger partial charge on any atom is 0.345 e. The molecular formula is C41H64O9. The molecule has 0 unspecified atom stereocenters. The van der Waals surface area contributed by atoms with Crippen molar-refractivity contribution in [2.24, 2.45) is 23.7 Å². The monoisotopic (exact) mass is 700 g/mol. The molecule has 0 aliphatic carbocycles. The highest BCUT2D eigenvalue weighted by molar-refractivity contribution is 5.36. The van der Waals surface area contributed by atoms with E-state index in [0.29, 0.717) is 17.8 Å². The Morgan fingerprint density at radius 2 is 1.68 bits per heavy atom. The highest BCUT2D eigenvalue weighted by Crippen LogP contribution is 2.37. The van der Waals surface area contributed by atoms with Crippen LogP contribution in [0.25, 0.3) is 0 Å². The zero-order valence-electron chi connectivity index (χ0n) is 31.7. The molecule has 0 aromatic carbocycles. The van der Waals surface area contributed by atoms with Gasteiger partial charge in [-0.3, -0.25) is 0 Å². The number of hydrogen-bond acceptors (Lipinski definition) is 9. The van der Waals surface area contributed by atoms with Crippen molar-refractivity contribution in [2.45, 2.75) is 130 Å². The minimum atomic E-state index is -1.51. The van der Waals surface area contributed by atoms with Gasteiger partial charge in [0.25, 0.3) is 0 Å². The van der Waals surface area contributed by atoms with Crippen LogP contribution in [0.1, 0.15) is 112 Å². The Labute approximate surface area is 299 Å². The third-order valence-electron chi connectivity index (χ3n) is 9.76. The van der Waals surface area contributed by atoms with Crippen molar-refractivity contribution in [3.8, 4) is 5.75 Å². The Balaban J connectivity index is 2.04. The van der Waals surface area contributed by atoms with Crippen LogP contribution in [-0.2, 0) is 10.2 Å². The molecule has 9 atom stereocenters. The number of ether oxygens (including phenoxy) is 1. The van der Waals surface area contributed by atoms with Gasteiger partial charge in [-0.25, -0.2) is 4.79 Å². The van der Waals surface area contributed by atoms with Gasteiger partial charge in [0.15, 0.2) is 0 Å². The van der Waals surface area contributed by atoms with Gasteiger partial charge >= 0.3 is 5.63 Å². The number of aromatic hydroxyl groups is 1. The van der Waals surface area contributed by atoms with E-state index in [1.807, 2.05) is 13.0 Å². The van der Waals surface area contributed by atoms with Gasteiger partial charge in [-0.15, -0.1) is 0 Å². The molecule has 0 spiro atoms. The van der Waals surface area contributed by atoms with Crippen molar-refractivity contribution in [3.63, 3.8) is 0 Å². The molecule has 0 bridgehead atoms. The Morgan fingerprint density at radius 1 is 1.02 bits per heavy atom. The van der Waals surface area contributed by atoms with Crippen molar-refractivity contribution in [3.05, 3.63) is 87.1 Å². The van der Waals surface area contributed by atoms with Crippen LogP contribution in [0.2, 0.25) is 0 Å². The summed E-state index contributed by atoms with van der Waals surface area (Å²) in [5, 5.41) is 62.1. The first kappa shape index (κ1) is 43.4. The lowest BCUT2D eigenvalue weighted by Crippen LogP contribution is -2.46. The fraction of sp³-hybridized carbons (Fsp3) is 0.634. The molecule has 1 aliphatic heterocycles. The van der Waals surface area contributed by atoms with Gasteiger partial charge in [0.1, 0.15) is 29.3 Å². The van der Waals surface area contributed by atoms with Crippen molar-refractivity contribution in [1.29, 1.82) is 0 Å². The Morgan fingerprint density at radius 3 is 2.28 bits per heavy atom. The molecular weight excluding hydrogens is 636 g/mol. The summed E-state index contributed by atoms with van der Waals surface area (Å²) in [6, 6.07) is 1.20. The average Bonchev–Trinajstić information content (AvgIpc) is 3.04. The maximum atomic E-state index is 13.0. The average molecular weight is 701 g/mol. The first-order valence-corrected chi connectivity index (χ1v) is 18.1. The van der Waals surface area contributed by atoms with Crippen LogP contribution in [0.5, 0.6) is 5.75 Å². The molecule has 0 radical (unpaired) electrons. The molecule has 1 aromatic heterocycles. The van der Waals surface area contributed by atoms with Gasteiger partial charge in [-0.2, -0.15) is 0 Å². The molecule has 1 aliphatic rings. The minimum absolute atomic E-state index is 0.0114. The fourth-order valence-electron chi connectivity index (χ4n) is 6.62. The Hall–Kier alpha value is -2.79. The fourth-order valence-corrected chi connectivity index (χ4v) is 6.62. The Kier molecular flexibility index (Phi) is 17.6. The molecule has 9 heteroatoms. The summed E-state index contributed by atoms with van der Waals surface area (Å²) in [6.07, 6.45) is 12.0. The third kappa shape index (κ3) is 13.1. The van der Waals surface area contributed by atoms with Gasteiger partial charge in [0.2, 0.25) is 0 Å². The number of aliphatic hydroxyl groups excluding tert-OH is 5. The zero-order valence-corrected chi connectivity index (χ0v) is 31.7. The third-order valence-corrected chi connectivity index (χ3v) is 9.76.